The summed E-state index contributed by atoms with van der Waals surface area (Å²) in [5.74, 6) is -0.378. The molecule has 0 spiro atoms. The molecule has 0 aliphatic carbocycles. The molecule has 2 nitrogen and oxygen atoms in total. The van der Waals surface area contributed by atoms with Gasteiger partial charge < -0.3 is 18.3 Å². The van der Waals surface area contributed by atoms with Crippen LogP contribution in [-0.4, -0.2) is 12.9 Å². The van der Waals surface area contributed by atoms with Crippen LogP contribution in [0.25, 0.3) is 0 Å². The van der Waals surface area contributed by atoms with E-state index in [0.717, 1.165) is 0 Å². The van der Waals surface area contributed by atoms with E-state index < -0.39 is 12.4 Å². The number of halogens is 3. The van der Waals surface area contributed by atoms with E-state index in [1.807, 2.05) is 0 Å². The van der Waals surface area contributed by atoms with E-state index in [1.165, 1.54) is 19.1 Å². The van der Waals surface area contributed by atoms with Crippen LogP contribution in [-0.2, 0) is 11.2 Å². The number of fused-ring (bicyclic) bond motifs is 1. The van der Waals surface area contributed by atoms with E-state index in [9.17, 15) is 17.7 Å². The van der Waals surface area contributed by atoms with Crippen LogP contribution in [0.15, 0.2) is 12.1 Å². The van der Waals surface area contributed by atoms with Crippen LogP contribution in [0, 0.1) is 6.92 Å². The first-order valence-corrected chi connectivity index (χ1v) is 4.52. The van der Waals surface area contributed by atoms with Gasteiger partial charge in [0.05, 0.1) is 6.42 Å². The van der Waals surface area contributed by atoms with Crippen LogP contribution in [0.4, 0.5) is 18.6 Å². The molecule has 2 rings (SSSR count). The Bertz CT molecular complexity index is 447. The molecule has 1 aliphatic rings. The molecular formula is C9H8BF3KNO. The maximum absolute atomic E-state index is 12.8. The van der Waals surface area contributed by atoms with Crippen molar-refractivity contribution in [1.82, 2.24) is 0 Å². The number of rotatable bonds is 1. The van der Waals surface area contributed by atoms with Gasteiger partial charge in [0.2, 0.25) is 5.91 Å². The Kier molecular flexibility index (Phi) is 4.29. The van der Waals surface area contributed by atoms with Crippen molar-refractivity contribution in [3.05, 3.63) is 23.3 Å². The van der Waals surface area contributed by atoms with Gasteiger partial charge in [0.15, 0.2) is 0 Å². The molecule has 0 aromatic heterocycles. The Hall–Kier alpha value is 0.181. The first-order valence-electron chi connectivity index (χ1n) is 4.52. The second kappa shape index (κ2) is 4.81. The number of hydrogen-bond donors (Lipinski definition) is 1. The fourth-order valence-electron chi connectivity index (χ4n) is 1.90. The van der Waals surface area contributed by atoms with Crippen LogP contribution in [0.2, 0.25) is 0 Å². The van der Waals surface area contributed by atoms with Crippen molar-refractivity contribution in [2.45, 2.75) is 13.3 Å². The predicted octanol–water partition coefficient (Wildman–Crippen LogP) is -1.45. The summed E-state index contributed by atoms with van der Waals surface area (Å²) in [4.78, 5) is 11.0. The van der Waals surface area contributed by atoms with Crippen LogP contribution < -0.4 is 62.2 Å². The minimum Gasteiger partial charge on any atom is -0.445 e. The Morgan fingerprint density at radius 2 is 1.94 bits per heavy atom. The zero-order chi connectivity index (χ0) is 11.2. The maximum atomic E-state index is 12.8. The number of amides is 1. The van der Waals surface area contributed by atoms with Gasteiger partial charge in [-0.2, -0.15) is 0 Å². The summed E-state index contributed by atoms with van der Waals surface area (Å²) in [5.41, 5.74) is -0.0594. The van der Waals surface area contributed by atoms with E-state index in [0.29, 0.717) is 5.69 Å². The summed E-state index contributed by atoms with van der Waals surface area (Å²) < 4.78 is 38.3. The molecule has 1 aromatic carbocycles. The molecule has 1 heterocycles. The summed E-state index contributed by atoms with van der Waals surface area (Å²) in [6, 6.07) is 2.90. The second-order valence-corrected chi connectivity index (χ2v) is 3.62. The number of nitrogens with one attached hydrogen (secondary N) is 1. The van der Waals surface area contributed by atoms with Crippen LogP contribution in [0.3, 0.4) is 0 Å². The summed E-state index contributed by atoms with van der Waals surface area (Å²) in [6.45, 7) is -3.65. The molecule has 0 radical (unpaired) electrons. The number of aryl methyl sites for hydroxylation is 1. The molecule has 1 aromatic rings. The largest absolute Gasteiger partial charge is 1.00 e. The van der Waals surface area contributed by atoms with Crippen molar-refractivity contribution in [3.63, 3.8) is 0 Å². The minimum atomic E-state index is -5.06. The second-order valence-electron chi connectivity index (χ2n) is 3.62. The van der Waals surface area contributed by atoms with E-state index in [1.54, 1.807) is 0 Å². The number of carbonyl (C=O) groups is 1. The van der Waals surface area contributed by atoms with E-state index >= 15 is 0 Å². The Balaban J connectivity index is 0.00000128. The number of benzene rings is 1. The van der Waals surface area contributed by atoms with Gasteiger partial charge >= 0.3 is 58.4 Å². The van der Waals surface area contributed by atoms with E-state index in [4.69, 9.17) is 0 Å². The fraction of sp³-hybridized carbons (Fsp3) is 0.222. The van der Waals surface area contributed by atoms with Crippen molar-refractivity contribution < 1.29 is 69.1 Å². The SMILES string of the molecule is Cc1ccc2c(c1[B-](F)(F)F)CC(=O)N2.[K+]. The molecule has 1 amide bonds. The monoisotopic (exact) mass is 253 g/mol. The van der Waals surface area contributed by atoms with Gasteiger partial charge in [0.25, 0.3) is 0 Å². The van der Waals surface area contributed by atoms with Crippen molar-refractivity contribution in [2.75, 3.05) is 5.32 Å². The summed E-state index contributed by atoms with van der Waals surface area (Å²) in [7, 11) is 0. The normalized spacial score (nSPS) is 14.1. The number of hydrogen-bond acceptors (Lipinski definition) is 1. The number of anilines is 1. The van der Waals surface area contributed by atoms with Crippen molar-refractivity contribution in [2.24, 2.45) is 0 Å². The Morgan fingerprint density at radius 1 is 1.31 bits per heavy atom. The Labute approximate surface area is 133 Å². The molecule has 0 fully saturated rings. The molecule has 0 atom stereocenters. The zero-order valence-corrected chi connectivity index (χ0v) is 12.1. The third kappa shape index (κ3) is 2.53. The first-order chi connectivity index (χ1) is 6.89. The molecule has 0 saturated carbocycles. The molecule has 1 N–H and O–H groups in total. The van der Waals surface area contributed by atoms with Gasteiger partial charge in [-0.15, -0.1) is 0 Å². The molecule has 7 heteroatoms. The molecule has 0 bridgehead atoms. The average molecular weight is 253 g/mol. The van der Waals surface area contributed by atoms with E-state index in [2.05, 4.69) is 5.32 Å². The third-order valence-electron chi connectivity index (χ3n) is 2.51. The standard InChI is InChI=1S/C9H8BF3NO.K/c1-5-2-3-7-6(4-8(15)14-7)9(5)10(11,12)13;/h2-3H,4H2,1H3,(H,14,15);/q-1;+1. The topological polar surface area (TPSA) is 29.1 Å². The quantitative estimate of drug-likeness (QED) is 0.609. The predicted molar refractivity (Wildman–Crippen MR) is 52.2 cm³/mol. The minimum absolute atomic E-state index is 0. The van der Waals surface area contributed by atoms with Crippen LogP contribution in [0.5, 0.6) is 0 Å². The van der Waals surface area contributed by atoms with Gasteiger partial charge in [-0.05, 0) is 18.6 Å². The summed E-state index contributed by atoms with van der Waals surface area (Å²) in [5, 5.41) is 2.41. The average Bonchev–Trinajstić information content (AvgIpc) is 2.41. The van der Waals surface area contributed by atoms with Crippen molar-refractivity contribution in [1.29, 1.82) is 0 Å². The zero-order valence-electron chi connectivity index (χ0n) is 8.98. The van der Waals surface area contributed by atoms with Gasteiger partial charge in [-0.1, -0.05) is 17.1 Å². The van der Waals surface area contributed by atoms with Gasteiger partial charge in [-0.3, -0.25) is 4.79 Å². The molecular weight excluding hydrogens is 245 g/mol. The van der Waals surface area contributed by atoms with E-state index in [-0.39, 0.29) is 74.8 Å². The molecule has 16 heavy (non-hydrogen) atoms. The van der Waals surface area contributed by atoms with Crippen molar-refractivity contribution in [3.8, 4) is 0 Å². The van der Waals surface area contributed by atoms with Crippen molar-refractivity contribution >= 4 is 24.0 Å². The smallest absolute Gasteiger partial charge is 0.445 e. The molecule has 0 unspecified atom stereocenters. The molecule has 80 valence electrons. The number of carbonyl (C=O) groups excluding carboxylic acids is 1. The molecule has 0 saturated heterocycles. The Morgan fingerprint density at radius 3 is 2.50 bits per heavy atom. The fourth-order valence-corrected chi connectivity index (χ4v) is 1.90. The van der Waals surface area contributed by atoms with Gasteiger partial charge in [0, 0.05) is 5.69 Å². The summed E-state index contributed by atoms with van der Waals surface area (Å²) in [6.07, 6.45) is -0.173. The van der Waals surface area contributed by atoms with Gasteiger partial charge in [-0.25, -0.2) is 0 Å². The summed E-state index contributed by atoms with van der Waals surface area (Å²) >= 11 is 0. The molecule has 1 aliphatic heterocycles. The maximum Gasteiger partial charge on any atom is 1.00 e. The third-order valence-corrected chi connectivity index (χ3v) is 2.51. The van der Waals surface area contributed by atoms with Gasteiger partial charge in [0.1, 0.15) is 0 Å². The van der Waals surface area contributed by atoms with Crippen LogP contribution in [0.1, 0.15) is 11.1 Å². The van der Waals surface area contributed by atoms with Crippen LogP contribution >= 0.6 is 0 Å². The first kappa shape index (κ1) is 14.2.